The van der Waals surface area contributed by atoms with E-state index in [0.29, 0.717) is 21.7 Å². The van der Waals surface area contributed by atoms with Crippen LogP contribution < -0.4 is 10.3 Å². The Hall–Kier alpha value is -2.77. The molecule has 5 rings (SSSR count). The Morgan fingerprint density at radius 3 is 2.60 bits per heavy atom. The van der Waals surface area contributed by atoms with E-state index in [1.807, 2.05) is 57.2 Å². The van der Waals surface area contributed by atoms with Gasteiger partial charge in [0.25, 0.3) is 5.91 Å². The van der Waals surface area contributed by atoms with Crippen molar-refractivity contribution in [3.05, 3.63) is 90.2 Å². The lowest BCUT2D eigenvalue weighted by Gasteiger charge is -2.22. The van der Waals surface area contributed by atoms with Crippen LogP contribution in [-0.4, -0.2) is 10.9 Å². The maximum Gasteiger partial charge on any atom is 0.297 e. The Labute approximate surface area is 185 Å². The summed E-state index contributed by atoms with van der Waals surface area (Å²) in [6.07, 6.45) is 0. The summed E-state index contributed by atoms with van der Waals surface area (Å²) >= 11 is 4.95. The van der Waals surface area contributed by atoms with Crippen molar-refractivity contribution in [1.29, 1.82) is 0 Å². The lowest BCUT2D eigenvalue weighted by molar-refractivity contribution is 0.0971. The van der Waals surface area contributed by atoms with E-state index < -0.39 is 6.04 Å². The highest BCUT2D eigenvalue weighted by atomic mass is 79.9. The van der Waals surface area contributed by atoms with E-state index in [1.54, 1.807) is 11.0 Å². The molecular weight excluding hydrogens is 464 g/mol. The van der Waals surface area contributed by atoms with E-state index in [2.05, 4.69) is 20.9 Å². The number of nitrogens with zero attached hydrogens (tertiary/aromatic N) is 2. The first-order valence-corrected chi connectivity index (χ1v) is 11.1. The molecule has 30 heavy (non-hydrogen) atoms. The van der Waals surface area contributed by atoms with Crippen LogP contribution in [0.4, 0.5) is 5.13 Å². The number of halogens is 1. The van der Waals surface area contributed by atoms with Gasteiger partial charge in [-0.25, -0.2) is 4.98 Å². The van der Waals surface area contributed by atoms with Gasteiger partial charge in [-0.15, -0.1) is 11.3 Å². The third-order valence-electron chi connectivity index (χ3n) is 5.41. The third-order valence-corrected chi connectivity index (χ3v) is 6.98. The number of hydrogen-bond donors (Lipinski definition) is 0. The fraction of sp³-hybridized carbons (Fsp3) is 0.174. The first-order chi connectivity index (χ1) is 14.3. The number of rotatable bonds is 2. The van der Waals surface area contributed by atoms with Gasteiger partial charge in [-0.1, -0.05) is 39.7 Å². The average molecular weight is 481 g/mol. The highest BCUT2D eigenvalue weighted by Gasteiger charge is 2.45. The average Bonchev–Trinajstić information content (AvgIpc) is 3.19. The number of benzene rings is 2. The zero-order chi connectivity index (χ0) is 21.2. The topological polar surface area (TPSA) is 63.4 Å². The molecule has 1 aliphatic rings. The van der Waals surface area contributed by atoms with Crippen LogP contribution in [0.15, 0.2) is 56.1 Å². The number of fused-ring (bicyclic) bond motifs is 2. The van der Waals surface area contributed by atoms with Crippen molar-refractivity contribution in [2.75, 3.05) is 4.90 Å². The summed E-state index contributed by atoms with van der Waals surface area (Å²) in [5, 5.41) is 1.04. The molecule has 150 valence electrons. The van der Waals surface area contributed by atoms with E-state index in [9.17, 15) is 9.59 Å². The summed E-state index contributed by atoms with van der Waals surface area (Å²) in [5.74, 6) is -0.255. The molecule has 0 bridgehead atoms. The summed E-state index contributed by atoms with van der Waals surface area (Å²) in [4.78, 5) is 34.3. The van der Waals surface area contributed by atoms with Gasteiger partial charge < -0.3 is 4.42 Å². The van der Waals surface area contributed by atoms with Gasteiger partial charge in [0.2, 0.25) is 5.76 Å². The van der Waals surface area contributed by atoms with Crippen molar-refractivity contribution >= 4 is 49.3 Å². The minimum absolute atomic E-state index is 0.0897. The molecule has 3 heterocycles. The molecular formula is C23H17BrN2O3S. The first kappa shape index (κ1) is 19.2. The molecule has 2 aromatic heterocycles. The van der Waals surface area contributed by atoms with Gasteiger partial charge >= 0.3 is 0 Å². The van der Waals surface area contributed by atoms with Crippen molar-refractivity contribution in [3.63, 3.8) is 0 Å². The van der Waals surface area contributed by atoms with Crippen molar-refractivity contribution in [2.45, 2.75) is 26.8 Å². The van der Waals surface area contributed by atoms with Crippen LogP contribution in [0, 0.1) is 20.8 Å². The quantitative estimate of drug-likeness (QED) is 0.369. The Morgan fingerprint density at radius 1 is 1.10 bits per heavy atom. The number of amides is 1. The molecule has 0 spiro atoms. The van der Waals surface area contributed by atoms with Gasteiger partial charge in [0, 0.05) is 9.35 Å². The number of aryl methyl sites for hydroxylation is 3. The molecule has 0 aliphatic carbocycles. The summed E-state index contributed by atoms with van der Waals surface area (Å²) in [6.45, 7) is 5.81. The minimum Gasteiger partial charge on any atom is -0.450 e. The number of carbonyl (C=O) groups excluding carboxylic acids is 1. The van der Waals surface area contributed by atoms with Crippen molar-refractivity contribution in [1.82, 2.24) is 4.98 Å². The molecule has 0 radical (unpaired) electrons. The zero-order valence-electron chi connectivity index (χ0n) is 16.5. The monoisotopic (exact) mass is 480 g/mol. The second-order valence-electron chi connectivity index (χ2n) is 7.44. The normalized spacial score (nSPS) is 15.8. The number of aromatic nitrogens is 1. The van der Waals surface area contributed by atoms with Crippen LogP contribution >= 0.6 is 27.3 Å². The molecule has 2 aromatic carbocycles. The van der Waals surface area contributed by atoms with Gasteiger partial charge in [-0.2, -0.15) is 0 Å². The molecule has 0 saturated carbocycles. The molecule has 4 aromatic rings. The Bertz CT molecular complexity index is 1390. The maximum absolute atomic E-state index is 13.6. The Kier molecular flexibility index (Phi) is 4.41. The second kappa shape index (κ2) is 6.89. The van der Waals surface area contributed by atoms with Crippen LogP contribution in [0.1, 0.15) is 43.9 Å². The van der Waals surface area contributed by atoms with E-state index in [4.69, 9.17) is 4.42 Å². The zero-order valence-corrected chi connectivity index (χ0v) is 18.9. The Morgan fingerprint density at radius 2 is 1.90 bits per heavy atom. The predicted octanol–water partition coefficient (Wildman–Crippen LogP) is 5.69. The van der Waals surface area contributed by atoms with Gasteiger partial charge in [0.15, 0.2) is 10.6 Å². The van der Waals surface area contributed by atoms with Crippen LogP contribution in [0.5, 0.6) is 0 Å². The predicted molar refractivity (Wildman–Crippen MR) is 122 cm³/mol. The van der Waals surface area contributed by atoms with E-state index in [0.717, 1.165) is 26.2 Å². The summed E-state index contributed by atoms with van der Waals surface area (Å²) in [7, 11) is 0. The van der Waals surface area contributed by atoms with Gasteiger partial charge in [-0.3, -0.25) is 14.5 Å². The summed E-state index contributed by atoms with van der Waals surface area (Å²) < 4.78 is 6.87. The SMILES string of the molecule is Cc1ccc2oc3c(c(=O)c2c1)C(c1cccc(Br)c1)N(c1nc(C)c(C)s1)C3=O. The molecule has 0 saturated heterocycles. The van der Waals surface area contributed by atoms with Crippen molar-refractivity contribution in [3.8, 4) is 0 Å². The van der Waals surface area contributed by atoms with E-state index in [-0.39, 0.29) is 17.1 Å². The van der Waals surface area contributed by atoms with E-state index in [1.165, 1.54) is 11.3 Å². The Balaban J connectivity index is 1.84. The van der Waals surface area contributed by atoms with Crippen LogP contribution in [-0.2, 0) is 0 Å². The molecule has 0 N–H and O–H groups in total. The third kappa shape index (κ3) is 2.84. The maximum atomic E-state index is 13.6. The smallest absolute Gasteiger partial charge is 0.297 e. The van der Waals surface area contributed by atoms with Gasteiger partial charge in [-0.05, 0) is 50.6 Å². The van der Waals surface area contributed by atoms with Crippen molar-refractivity contribution < 1.29 is 9.21 Å². The molecule has 1 amide bonds. The molecule has 1 atom stereocenters. The summed E-state index contributed by atoms with van der Waals surface area (Å²) in [6, 6.07) is 12.5. The standard InChI is InChI=1S/C23H17BrN2O3S/c1-11-7-8-17-16(9-11)20(27)18-19(14-5-4-6-15(24)10-14)26(22(28)21(18)29-17)23-25-12(2)13(3)30-23/h4-10,19H,1-3H3. The lowest BCUT2D eigenvalue weighted by atomic mass is 9.98. The molecule has 7 heteroatoms. The van der Waals surface area contributed by atoms with Crippen molar-refractivity contribution in [2.24, 2.45) is 0 Å². The van der Waals surface area contributed by atoms with Crippen LogP contribution in [0.2, 0.25) is 0 Å². The molecule has 5 nitrogen and oxygen atoms in total. The largest absolute Gasteiger partial charge is 0.450 e. The molecule has 1 aliphatic heterocycles. The molecule has 1 unspecified atom stereocenters. The molecule has 0 fully saturated rings. The summed E-state index contributed by atoms with van der Waals surface area (Å²) in [5.41, 5.74) is 3.25. The van der Waals surface area contributed by atoms with Gasteiger partial charge in [0.1, 0.15) is 5.58 Å². The number of hydrogen-bond acceptors (Lipinski definition) is 5. The fourth-order valence-corrected chi connectivity index (χ4v) is 5.19. The highest BCUT2D eigenvalue weighted by molar-refractivity contribution is 9.10. The van der Waals surface area contributed by atoms with Gasteiger partial charge in [0.05, 0.1) is 22.7 Å². The highest BCUT2D eigenvalue weighted by Crippen LogP contribution is 2.43. The first-order valence-electron chi connectivity index (χ1n) is 9.45. The minimum atomic E-state index is -0.601. The van der Waals surface area contributed by atoms with E-state index >= 15 is 0 Å². The van der Waals surface area contributed by atoms with Crippen LogP contribution in [0.25, 0.3) is 11.0 Å². The lowest BCUT2D eigenvalue weighted by Crippen LogP contribution is -2.29. The number of carbonyl (C=O) groups is 1. The second-order valence-corrected chi connectivity index (χ2v) is 9.54. The number of thiazole rings is 1. The van der Waals surface area contributed by atoms with Crippen LogP contribution in [0.3, 0.4) is 0 Å². The number of anilines is 1. The fourth-order valence-electron chi connectivity index (χ4n) is 3.83.